The number of nitrogens with one attached hydrogen (secondary N) is 2. The maximum Gasteiger partial charge on any atom is 0.402 e. The van der Waals surface area contributed by atoms with Crippen molar-refractivity contribution in [1.82, 2.24) is 10.6 Å². The molecule has 1 aliphatic carbocycles. The van der Waals surface area contributed by atoms with Gasteiger partial charge in [0.2, 0.25) is 0 Å². The van der Waals surface area contributed by atoms with Crippen molar-refractivity contribution in [2.75, 3.05) is 13.1 Å². The van der Waals surface area contributed by atoms with Crippen LogP contribution in [0.25, 0.3) is 0 Å². The Balaban J connectivity index is 0.000000796. The molecule has 0 radical (unpaired) electrons. The second-order valence-corrected chi connectivity index (χ2v) is 7.30. The molecule has 0 atom stereocenters. The molecule has 0 spiro atoms. The molecule has 1 aliphatic rings. The number of thiocarbonyl (C=S) groups is 2. The highest BCUT2D eigenvalue weighted by Crippen LogP contribution is 2.28. The number of rotatable bonds is 4. The van der Waals surface area contributed by atoms with Gasteiger partial charge in [-0.2, -0.15) is 0 Å². The average molecular weight is 356 g/mol. The van der Waals surface area contributed by atoms with Gasteiger partial charge in [0.1, 0.15) is 8.64 Å². The molecule has 116 valence electrons. The lowest BCUT2D eigenvalue weighted by Crippen LogP contribution is -2.31. The minimum absolute atomic E-state index is 0.535. The number of hydrogen-bond acceptors (Lipinski definition) is 4. The quantitative estimate of drug-likeness (QED) is 0.301. The molecule has 0 aromatic rings. The Bertz CT molecular complexity index is 319. The van der Waals surface area contributed by atoms with Gasteiger partial charge in [-0.1, -0.05) is 55.5 Å². The summed E-state index contributed by atoms with van der Waals surface area (Å²) in [6.07, 6.45) is 5.39. The van der Waals surface area contributed by atoms with Crippen LogP contribution in [0.3, 0.4) is 0 Å². The van der Waals surface area contributed by atoms with E-state index in [9.17, 15) is 0 Å². The fraction of sp³-hybridized carbons (Fsp3) is 0.727. The van der Waals surface area contributed by atoms with Crippen LogP contribution < -0.4 is 16.4 Å². The highest BCUT2D eigenvalue weighted by molar-refractivity contribution is 8.23. The van der Waals surface area contributed by atoms with Gasteiger partial charge in [0, 0.05) is 18.3 Å². The summed E-state index contributed by atoms with van der Waals surface area (Å²) in [5, 5.41) is 14.1. The zero-order valence-corrected chi connectivity index (χ0v) is 14.5. The molecule has 20 heavy (non-hydrogen) atoms. The molecule has 0 aromatic heterocycles. The molecule has 5 N–H and O–H groups in total. The van der Waals surface area contributed by atoms with Crippen LogP contribution >= 0.6 is 48.8 Å². The third-order valence-corrected chi connectivity index (χ3v) is 4.40. The van der Waals surface area contributed by atoms with Crippen LogP contribution in [0, 0.1) is 0 Å². The van der Waals surface area contributed by atoms with Crippen molar-refractivity contribution in [1.29, 1.82) is 0 Å². The van der Waals surface area contributed by atoms with Gasteiger partial charge in [-0.15, -0.1) is 12.6 Å². The lowest BCUT2D eigenvalue weighted by molar-refractivity contribution is 0.205. The van der Waals surface area contributed by atoms with Crippen LogP contribution in [0.1, 0.15) is 32.1 Å². The van der Waals surface area contributed by atoms with Gasteiger partial charge in [-0.25, -0.2) is 4.79 Å². The molecule has 0 aliphatic heterocycles. The summed E-state index contributed by atoms with van der Waals surface area (Å²) in [5.74, 6) is 0. The molecular weight excluding hydrogens is 334 g/mol. The minimum Gasteiger partial charge on any atom is -0.465 e. The van der Waals surface area contributed by atoms with Gasteiger partial charge in [0.05, 0.1) is 0 Å². The Kier molecular flexibility index (Phi) is 12.3. The Hall–Kier alpha value is -0.250. The highest BCUT2D eigenvalue weighted by Gasteiger charge is 2.15. The Labute approximate surface area is 140 Å². The van der Waals surface area contributed by atoms with Crippen LogP contribution in [-0.4, -0.2) is 38.2 Å². The molecule has 1 amide bonds. The lowest BCUT2D eigenvalue weighted by atomic mass is 10.0. The van der Waals surface area contributed by atoms with E-state index in [0.29, 0.717) is 4.32 Å². The second kappa shape index (κ2) is 12.5. The smallest absolute Gasteiger partial charge is 0.402 e. The number of thiol groups is 1. The average Bonchev–Trinajstić information content (AvgIpc) is 2.35. The van der Waals surface area contributed by atoms with Crippen LogP contribution in [0.15, 0.2) is 0 Å². The van der Waals surface area contributed by atoms with E-state index in [0.717, 1.165) is 22.7 Å². The maximum atomic E-state index is 8.78. The van der Waals surface area contributed by atoms with E-state index in [1.165, 1.54) is 32.1 Å². The van der Waals surface area contributed by atoms with Crippen molar-refractivity contribution in [3.8, 4) is 0 Å². The number of amides is 1. The van der Waals surface area contributed by atoms with E-state index in [2.05, 4.69) is 29.0 Å². The molecule has 0 aromatic carbocycles. The molecule has 1 saturated carbocycles. The fourth-order valence-corrected chi connectivity index (χ4v) is 3.49. The van der Waals surface area contributed by atoms with Crippen molar-refractivity contribution in [3.05, 3.63) is 0 Å². The van der Waals surface area contributed by atoms with Crippen LogP contribution in [0.4, 0.5) is 4.79 Å². The maximum absolute atomic E-state index is 8.78. The van der Waals surface area contributed by atoms with Crippen molar-refractivity contribution in [2.45, 2.75) is 37.4 Å². The number of hydrogen-bond donors (Lipinski definition) is 5. The first-order chi connectivity index (χ1) is 9.41. The van der Waals surface area contributed by atoms with Crippen molar-refractivity contribution < 1.29 is 9.90 Å². The molecule has 0 unspecified atom stereocenters. The van der Waals surface area contributed by atoms with Crippen LogP contribution in [0.2, 0.25) is 0 Å². The SMILES string of the molecule is NC(=O)O.S=C(S)NCCNC(=S)SC1CCCCC1. The highest BCUT2D eigenvalue weighted by atomic mass is 32.2. The number of nitrogens with two attached hydrogens (primary N) is 1. The summed E-state index contributed by atoms with van der Waals surface area (Å²) >= 11 is 15.9. The van der Waals surface area contributed by atoms with Crippen LogP contribution in [-0.2, 0) is 0 Å². The first kappa shape index (κ1) is 19.8. The molecule has 1 rings (SSSR count). The second-order valence-electron chi connectivity index (χ2n) is 4.16. The van der Waals surface area contributed by atoms with E-state index in [4.69, 9.17) is 34.3 Å². The first-order valence-corrected chi connectivity index (χ1v) is 8.46. The Morgan fingerprint density at radius 1 is 1.25 bits per heavy atom. The van der Waals surface area contributed by atoms with Crippen molar-refractivity contribution in [3.63, 3.8) is 0 Å². The molecule has 0 saturated heterocycles. The predicted molar refractivity (Wildman–Crippen MR) is 96.9 cm³/mol. The van der Waals surface area contributed by atoms with Gasteiger partial charge in [-0.05, 0) is 12.8 Å². The van der Waals surface area contributed by atoms with Gasteiger partial charge in [0.15, 0.2) is 0 Å². The normalized spacial score (nSPS) is 14.7. The molecule has 9 heteroatoms. The summed E-state index contributed by atoms with van der Waals surface area (Å²) < 4.78 is 1.45. The Morgan fingerprint density at radius 2 is 1.75 bits per heavy atom. The zero-order valence-electron chi connectivity index (χ0n) is 11.1. The van der Waals surface area contributed by atoms with Gasteiger partial charge < -0.3 is 21.5 Å². The van der Waals surface area contributed by atoms with Crippen molar-refractivity contribution >= 4 is 63.6 Å². The monoisotopic (exact) mass is 355 g/mol. The topological polar surface area (TPSA) is 87.4 Å². The first-order valence-electron chi connectivity index (χ1n) is 6.31. The molecular formula is C11H21N3O2S4. The number of carbonyl (C=O) groups is 1. The summed E-state index contributed by atoms with van der Waals surface area (Å²) in [6, 6.07) is 0. The number of carboxylic acid groups (broad SMARTS) is 1. The Morgan fingerprint density at radius 3 is 2.25 bits per heavy atom. The third kappa shape index (κ3) is 14.2. The van der Waals surface area contributed by atoms with E-state index in [-0.39, 0.29) is 0 Å². The molecule has 5 nitrogen and oxygen atoms in total. The predicted octanol–water partition coefficient (Wildman–Crippen LogP) is 2.35. The van der Waals surface area contributed by atoms with Gasteiger partial charge in [-0.3, -0.25) is 0 Å². The van der Waals surface area contributed by atoms with Crippen molar-refractivity contribution in [2.24, 2.45) is 5.73 Å². The fourth-order valence-electron chi connectivity index (χ4n) is 1.71. The standard InChI is InChI=1S/C10H18N2S4.CH3NO2/c13-9(14)11-6-7-12-10(15)16-8-4-2-1-3-5-8;2-1(3)4/h8H,1-7H2,(H,12,15)(H2,11,13,14);2H2,(H,3,4). The molecule has 0 heterocycles. The number of thioether (sulfide) groups is 1. The third-order valence-electron chi connectivity index (χ3n) is 2.50. The summed E-state index contributed by atoms with van der Waals surface area (Å²) in [6.45, 7) is 1.58. The molecule has 1 fully saturated rings. The van der Waals surface area contributed by atoms with Gasteiger partial charge >= 0.3 is 6.09 Å². The summed E-state index contributed by atoms with van der Waals surface area (Å²) in [7, 11) is 0. The summed E-state index contributed by atoms with van der Waals surface area (Å²) in [4.78, 5) is 8.78. The summed E-state index contributed by atoms with van der Waals surface area (Å²) in [5.41, 5.74) is 4.03. The minimum atomic E-state index is -1.33. The van der Waals surface area contributed by atoms with E-state index in [1.807, 2.05) is 11.8 Å². The van der Waals surface area contributed by atoms with Crippen LogP contribution in [0.5, 0.6) is 0 Å². The molecule has 0 bridgehead atoms. The largest absolute Gasteiger partial charge is 0.465 e. The zero-order chi connectivity index (χ0) is 15.4. The number of primary amides is 1. The lowest BCUT2D eigenvalue weighted by Gasteiger charge is -2.21. The van der Waals surface area contributed by atoms with E-state index in [1.54, 1.807) is 0 Å². The van der Waals surface area contributed by atoms with E-state index >= 15 is 0 Å². The van der Waals surface area contributed by atoms with E-state index < -0.39 is 6.09 Å². The van der Waals surface area contributed by atoms with Gasteiger partial charge in [0.25, 0.3) is 0 Å².